The van der Waals surface area contributed by atoms with Gasteiger partial charge in [-0.15, -0.1) is 11.6 Å². The third kappa shape index (κ3) is 5.07. The van der Waals surface area contributed by atoms with Gasteiger partial charge in [-0.25, -0.2) is 0 Å². The van der Waals surface area contributed by atoms with Crippen LogP contribution in [0.15, 0.2) is 0 Å². The topological polar surface area (TPSA) is 35.9 Å². The molecule has 1 rings (SSSR count). The van der Waals surface area contributed by atoms with Gasteiger partial charge in [0.1, 0.15) is 0 Å². The molecule has 1 aliphatic rings. The fraction of sp³-hybridized carbons (Fsp3) is 1.00. The van der Waals surface area contributed by atoms with Gasteiger partial charge in [-0.3, -0.25) is 4.90 Å². The molecule has 0 aromatic rings. The Hall–Kier alpha value is 0.130. The van der Waals surface area contributed by atoms with Crippen LogP contribution in [0, 0.1) is 0 Å². The number of hydrogen-bond donors (Lipinski definition) is 1. The van der Waals surface area contributed by atoms with Crippen LogP contribution in [0.25, 0.3) is 0 Å². The summed E-state index contributed by atoms with van der Waals surface area (Å²) in [5.74, 6) is 0.298. The first-order valence-electron chi connectivity index (χ1n) is 8.50. The molecule has 0 aliphatic carbocycles. The highest BCUT2D eigenvalue weighted by Gasteiger charge is 2.47. The van der Waals surface area contributed by atoms with E-state index < -0.39 is 6.10 Å². The molecule has 5 heteroatoms. The predicted octanol–water partition coefficient (Wildman–Crippen LogP) is 3.27. The number of alkyl halides is 1. The molecule has 1 unspecified atom stereocenters. The molecule has 1 heterocycles. The lowest BCUT2D eigenvalue weighted by Gasteiger charge is -2.55. The van der Waals surface area contributed by atoms with Crippen LogP contribution in [0.4, 0.5) is 0 Å². The van der Waals surface area contributed by atoms with Crippen LogP contribution in [0.2, 0.25) is 0 Å². The molecule has 1 atom stereocenters. The molecule has 1 aliphatic heterocycles. The molecule has 22 heavy (non-hydrogen) atoms. The number of unbranched alkanes of at least 4 members (excludes halogenated alkanes) is 1. The van der Waals surface area contributed by atoms with E-state index in [9.17, 15) is 5.11 Å². The first kappa shape index (κ1) is 20.2. The minimum Gasteiger partial charge on any atom is -0.391 e. The molecule has 0 bridgehead atoms. The van der Waals surface area contributed by atoms with E-state index in [0.29, 0.717) is 18.5 Å². The van der Waals surface area contributed by atoms with Gasteiger partial charge >= 0.3 is 0 Å². The number of aliphatic hydroxyl groups excluding tert-OH is 1. The Balaban J connectivity index is 2.90. The average Bonchev–Trinajstić information content (AvgIpc) is 2.40. The van der Waals surface area contributed by atoms with Crippen LogP contribution in [-0.4, -0.2) is 64.4 Å². The molecule has 0 spiro atoms. The van der Waals surface area contributed by atoms with Crippen molar-refractivity contribution in [2.24, 2.45) is 0 Å². The SMILES string of the molecule is CCCCN(CC(O)CCl)C1CC(C)(C)N(OC)C(C)(C)C1. The Morgan fingerprint density at radius 3 is 2.23 bits per heavy atom. The fourth-order valence-electron chi connectivity index (χ4n) is 4.07. The maximum Gasteiger partial charge on any atom is 0.0802 e. The lowest BCUT2D eigenvalue weighted by molar-refractivity contribution is -0.272. The van der Waals surface area contributed by atoms with Crippen LogP contribution in [0.3, 0.4) is 0 Å². The number of halogens is 1. The number of rotatable bonds is 8. The highest BCUT2D eigenvalue weighted by molar-refractivity contribution is 6.18. The normalized spacial score (nSPS) is 23.9. The van der Waals surface area contributed by atoms with Gasteiger partial charge in [0.25, 0.3) is 0 Å². The predicted molar refractivity (Wildman–Crippen MR) is 93.2 cm³/mol. The van der Waals surface area contributed by atoms with Crippen molar-refractivity contribution in [2.45, 2.75) is 83.5 Å². The van der Waals surface area contributed by atoms with E-state index in [1.807, 2.05) is 0 Å². The highest BCUT2D eigenvalue weighted by Crippen LogP contribution is 2.40. The van der Waals surface area contributed by atoms with Crippen molar-refractivity contribution in [1.29, 1.82) is 0 Å². The summed E-state index contributed by atoms with van der Waals surface area (Å²) in [6, 6.07) is 0.445. The number of aliphatic hydroxyl groups is 1. The third-order valence-corrected chi connectivity index (χ3v) is 5.05. The van der Waals surface area contributed by atoms with E-state index in [1.165, 1.54) is 0 Å². The molecule has 0 aromatic carbocycles. The van der Waals surface area contributed by atoms with E-state index in [1.54, 1.807) is 7.11 Å². The molecular weight excluding hydrogens is 300 g/mol. The maximum absolute atomic E-state index is 10.0. The van der Waals surface area contributed by atoms with Gasteiger partial charge in [-0.2, -0.15) is 5.06 Å². The quantitative estimate of drug-likeness (QED) is 0.691. The largest absolute Gasteiger partial charge is 0.391 e. The Bertz CT molecular complexity index is 319. The van der Waals surface area contributed by atoms with Crippen LogP contribution in [-0.2, 0) is 4.84 Å². The van der Waals surface area contributed by atoms with Crippen LogP contribution >= 0.6 is 11.6 Å². The Morgan fingerprint density at radius 2 is 1.82 bits per heavy atom. The van der Waals surface area contributed by atoms with Crippen LogP contribution < -0.4 is 0 Å². The van der Waals surface area contributed by atoms with Crippen molar-refractivity contribution >= 4 is 11.6 Å². The number of hydroxylamine groups is 2. The minimum atomic E-state index is -0.454. The van der Waals surface area contributed by atoms with E-state index in [0.717, 1.165) is 32.2 Å². The van der Waals surface area contributed by atoms with E-state index in [2.05, 4.69) is 44.6 Å². The first-order chi connectivity index (χ1) is 10.2. The molecule has 0 aromatic heterocycles. The molecule has 1 saturated heterocycles. The zero-order valence-electron chi connectivity index (χ0n) is 15.2. The average molecular weight is 335 g/mol. The number of hydrogen-bond acceptors (Lipinski definition) is 4. The first-order valence-corrected chi connectivity index (χ1v) is 9.04. The zero-order chi connectivity index (χ0) is 17.0. The van der Waals surface area contributed by atoms with Crippen LogP contribution in [0.1, 0.15) is 60.3 Å². The van der Waals surface area contributed by atoms with Gasteiger partial charge in [0.2, 0.25) is 0 Å². The monoisotopic (exact) mass is 334 g/mol. The van der Waals surface area contributed by atoms with E-state index in [-0.39, 0.29) is 11.1 Å². The molecule has 0 saturated carbocycles. The smallest absolute Gasteiger partial charge is 0.0802 e. The van der Waals surface area contributed by atoms with Crippen molar-refractivity contribution in [3.05, 3.63) is 0 Å². The summed E-state index contributed by atoms with van der Waals surface area (Å²) in [5, 5.41) is 12.1. The molecule has 132 valence electrons. The van der Waals surface area contributed by atoms with Gasteiger partial charge in [-0.05, 0) is 53.5 Å². The molecular formula is C17H35ClN2O2. The van der Waals surface area contributed by atoms with Gasteiger partial charge in [0.15, 0.2) is 0 Å². The van der Waals surface area contributed by atoms with Crippen molar-refractivity contribution in [3.8, 4) is 0 Å². The summed E-state index contributed by atoms with van der Waals surface area (Å²) in [6.07, 6.45) is 3.92. The summed E-state index contributed by atoms with van der Waals surface area (Å²) in [6.45, 7) is 12.8. The maximum atomic E-state index is 10.0. The van der Waals surface area contributed by atoms with E-state index in [4.69, 9.17) is 16.4 Å². The minimum absolute atomic E-state index is 0.0302. The van der Waals surface area contributed by atoms with Crippen LogP contribution in [0.5, 0.6) is 0 Å². The summed E-state index contributed by atoms with van der Waals surface area (Å²) >= 11 is 5.82. The van der Waals surface area contributed by atoms with Gasteiger partial charge in [0.05, 0.1) is 13.2 Å². The fourth-order valence-corrected chi connectivity index (χ4v) is 4.16. The summed E-state index contributed by atoms with van der Waals surface area (Å²) in [7, 11) is 1.76. The van der Waals surface area contributed by atoms with Gasteiger partial charge < -0.3 is 9.94 Å². The second kappa shape index (κ2) is 8.29. The lowest BCUT2D eigenvalue weighted by atomic mass is 9.78. The van der Waals surface area contributed by atoms with Crippen molar-refractivity contribution in [1.82, 2.24) is 9.96 Å². The van der Waals surface area contributed by atoms with Gasteiger partial charge in [-0.1, -0.05) is 13.3 Å². The number of piperidine rings is 1. The van der Waals surface area contributed by atoms with Crippen molar-refractivity contribution in [3.63, 3.8) is 0 Å². The molecule has 1 N–H and O–H groups in total. The zero-order valence-corrected chi connectivity index (χ0v) is 16.0. The summed E-state index contributed by atoms with van der Waals surface area (Å²) in [5.41, 5.74) is -0.0604. The second-order valence-corrected chi connectivity index (χ2v) is 8.13. The molecule has 0 amide bonds. The van der Waals surface area contributed by atoms with E-state index >= 15 is 0 Å². The molecule has 1 fully saturated rings. The number of nitrogens with zero attached hydrogens (tertiary/aromatic N) is 2. The van der Waals surface area contributed by atoms with Crippen molar-refractivity contribution in [2.75, 3.05) is 26.1 Å². The highest BCUT2D eigenvalue weighted by atomic mass is 35.5. The summed E-state index contributed by atoms with van der Waals surface area (Å²) in [4.78, 5) is 8.12. The summed E-state index contributed by atoms with van der Waals surface area (Å²) < 4.78 is 0. The second-order valence-electron chi connectivity index (χ2n) is 7.82. The Labute approximate surface area is 141 Å². The third-order valence-electron chi connectivity index (χ3n) is 4.69. The van der Waals surface area contributed by atoms with Gasteiger partial charge in [0, 0.05) is 29.5 Å². The Kier molecular flexibility index (Phi) is 7.61. The van der Waals surface area contributed by atoms with Crippen molar-refractivity contribution < 1.29 is 9.94 Å². The lowest BCUT2D eigenvalue weighted by Crippen LogP contribution is -2.64. The molecule has 0 radical (unpaired) electrons. The molecule has 4 nitrogen and oxygen atoms in total. The standard InChI is InChI=1S/C17H35ClN2O2/c1-7-8-9-19(13-15(21)12-18)14-10-16(2,3)20(22-6)17(4,5)11-14/h14-15,21H,7-13H2,1-6H3. The Morgan fingerprint density at radius 1 is 1.27 bits per heavy atom.